The van der Waals surface area contributed by atoms with Crippen molar-refractivity contribution in [2.24, 2.45) is 0 Å². The summed E-state index contributed by atoms with van der Waals surface area (Å²) in [4.78, 5) is 0. The molecular formula is C48H30O. The Bertz CT molecular complexity index is 2810. The highest BCUT2D eigenvalue weighted by atomic mass is 16.3. The SMILES string of the molecule is c1cc(-c2ccc(-c3c4ccccc4c(-c4ccc5oc6ccccc6c5c4)c4ccccc34)cc2)cc(-c2ccc3ccccc3c2)c1. The Hall–Kier alpha value is -6.44. The van der Waals surface area contributed by atoms with Crippen LogP contribution in [0.25, 0.3) is 98.8 Å². The van der Waals surface area contributed by atoms with Crippen LogP contribution in [0, 0.1) is 0 Å². The van der Waals surface area contributed by atoms with Gasteiger partial charge in [-0.3, -0.25) is 0 Å². The van der Waals surface area contributed by atoms with E-state index in [1.165, 1.54) is 76.8 Å². The molecule has 0 unspecified atom stereocenters. The standard InChI is InChI=1S/C48H30O/c1-2-11-34-29-37(25-22-31(34)10-1)36-13-9-12-35(28-36)32-20-23-33(24-21-32)47-40-15-3-5-17-42(40)48(43-18-6-4-16-41(43)47)38-26-27-46-44(30-38)39-14-7-8-19-45(39)49-46/h1-30H. The molecule has 0 aliphatic rings. The van der Waals surface area contributed by atoms with Gasteiger partial charge in [-0.2, -0.15) is 0 Å². The Morgan fingerprint density at radius 3 is 1.45 bits per heavy atom. The Balaban J connectivity index is 1.10. The second-order valence-corrected chi connectivity index (χ2v) is 12.9. The molecule has 0 aliphatic heterocycles. The number of fused-ring (bicyclic) bond motifs is 6. The maximum atomic E-state index is 6.18. The molecular weight excluding hydrogens is 593 g/mol. The molecule has 1 nitrogen and oxygen atoms in total. The summed E-state index contributed by atoms with van der Waals surface area (Å²) in [6, 6.07) is 65.9. The molecule has 0 saturated carbocycles. The van der Waals surface area contributed by atoms with Gasteiger partial charge in [0.15, 0.2) is 0 Å². The van der Waals surface area contributed by atoms with Gasteiger partial charge in [-0.25, -0.2) is 0 Å². The first-order chi connectivity index (χ1) is 24.3. The molecule has 0 radical (unpaired) electrons. The summed E-state index contributed by atoms with van der Waals surface area (Å²) in [7, 11) is 0. The lowest BCUT2D eigenvalue weighted by Gasteiger charge is -2.18. The highest BCUT2D eigenvalue weighted by Crippen LogP contribution is 2.45. The van der Waals surface area contributed by atoms with Gasteiger partial charge in [0.1, 0.15) is 11.2 Å². The van der Waals surface area contributed by atoms with Crippen molar-refractivity contribution in [1.29, 1.82) is 0 Å². The van der Waals surface area contributed by atoms with Crippen molar-refractivity contribution in [1.82, 2.24) is 0 Å². The van der Waals surface area contributed by atoms with E-state index in [4.69, 9.17) is 4.42 Å². The second-order valence-electron chi connectivity index (χ2n) is 12.9. The lowest BCUT2D eigenvalue weighted by molar-refractivity contribution is 0.669. The molecule has 0 N–H and O–H groups in total. The predicted molar refractivity (Wildman–Crippen MR) is 208 cm³/mol. The van der Waals surface area contributed by atoms with Crippen molar-refractivity contribution < 1.29 is 4.42 Å². The van der Waals surface area contributed by atoms with Crippen molar-refractivity contribution >= 4 is 54.3 Å². The molecule has 1 heterocycles. The van der Waals surface area contributed by atoms with Gasteiger partial charge in [0, 0.05) is 10.8 Å². The predicted octanol–water partition coefficient (Wildman–Crippen LogP) is 13.7. The van der Waals surface area contributed by atoms with Crippen LogP contribution in [0.15, 0.2) is 186 Å². The number of rotatable bonds is 4. The lowest BCUT2D eigenvalue weighted by Crippen LogP contribution is -1.91. The van der Waals surface area contributed by atoms with E-state index in [2.05, 4.69) is 170 Å². The quantitative estimate of drug-likeness (QED) is 0.178. The smallest absolute Gasteiger partial charge is 0.135 e. The van der Waals surface area contributed by atoms with Gasteiger partial charge in [-0.15, -0.1) is 0 Å². The van der Waals surface area contributed by atoms with Crippen LogP contribution in [0.3, 0.4) is 0 Å². The van der Waals surface area contributed by atoms with E-state index in [0.29, 0.717) is 0 Å². The molecule has 0 atom stereocenters. The number of para-hydroxylation sites is 1. The van der Waals surface area contributed by atoms with Gasteiger partial charge in [-0.05, 0) is 107 Å². The van der Waals surface area contributed by atoms with E-state index in [1.54, 1.807) is 0 Å². The van der Waals surface area contributed by atoms with E-state index in [9.17, 15) is 0 Å². The highest BCUT2D eigenvalue weighted by Gasteiger charge is 2.18. The molecule has 49 heavy (non-hydrogen) atoms. The molecule has 10 aromatic rings. The zero-order valence-electron chi connectivity index (χ0n) is 26.7. The average molecular weight is 623 g/mol. The Labute approximate surface area is 284 Å². The van der Waals surface area contributed by atoms with Crippen LogP contribution < -0.4 is 0 Å². The summed E-state index contributed by atoms with van der Waals surface area (Å²) in [5, 5.41) is 9.80. The molecule has 1 aromatic heterocycles. The van der Waals surface area contributed by atoms with Crippen LogP contribution in [0.1, 0.15) is 0 Å². The molecule has 0 fully saturated rings. The van der Waals surface area contributed by atoms with Gasteiger partial charge < -0.3 is 4.42 Å². The second kappa shape index (κ2) is 11.1. The number of furan rings is 1. The Morgan fingerprint density at radius 2 is 0.735 bits per heavy atom. The van der Waals surface area contributed by atoms with Crippen molar-refractivity contribution in [3.8, 4) is 44.5 Å². The highest BCUT2D eigenvalue weighted by molar-refractivity contribution is 6.22. The van der Waals surface area contributed by atoms with Gasteiger partial charge in [0.05, 0.1) is 0 Å². The summed E-state index contributed by atoms with van der Waals surface area (Å²) in [6.45, 7) is 0. The largest absolute Gasteiger partial charge is 0.456 e. The summed E-state index contributed by atoms with van der Waals surface area (Å²) in [5.74, 6) is 0. The van der Waals surface area contributed by atoms with E-state index < -0.39 is 0 Å². The molecule has 0 amide bonds. The zero-order valence-corrected chi connectivity index (χ0v) is 26.7. The van der Waals surface area contributed by atoms with Crippen LogP contribution in [-0.4, -0.2) is 0 Å². The minimum atomic E-state index is 0.915. The van der Waals surface area contributed by atoms with Crippen molar-refractivity contribution in [3.63, 3.8) is 0 Å². The summed E-state index contributed by atoms with van der Waals surface area (Å²) >= 11 is 0. The third kappa shape index (κ3) is 4.55. The van der Waals surface area contributed by atoms with Crippen LogP contribution >= 0.6 is 0 Å². The summed E-state index contributed by atoms with van der Waals surface area (Å²) in [6.07, 6.45) is 0. The summed E-state index contributed by atoms with van der Waals surface area (Å²) in [5.41, 5.74) is 11.6. The first kappa shape index (κ1) is 27.7. The van der Waals surface area contributed by atoms with Crippen LogP contribution in [0.5, 0.6) is 0 Å². The van der Waals surface area contributed by atoms with Gasteiger partial charge in [0.2, 0.25) is 0 Å². The normalized spacial score (nSPS) is 11.7. The fourth-order valence-electron chi connectivity index (χ4n) is 7.71. The fourth-order valence-corrected chi connectivity index (χ4v) is 7.71. The van der Waals surface area contributed by atoms with E-state index in [-0.39, 0.29) is 0 Å². The van der Waals surface area contributed by atoms with E-state index in [1.807, 2.05) is 12.1 Å². The topological polar surface area (TPSA) is 13.1 Å². The molecule has 1 heteroatoms. The van der Waals surface area contributed by atoms with Gasteiger partial charge in [-0.1, -0.05) is 152 Å². The Morgan fingerprint density at radius 1 is 0.245 bits per heavy atom. The van der Waals surface area contributed by atoms with Crippen LogP contribution in [-0.2, 0) is 0 Å². The van der Waals surface area contributed by atoms with E-state index in [0.717, 1.165) is 21.9 Å². The average Bonchev–Trinajstić information content (AvgIpc) is 3.55. The lowest BCUT2D eigenvalue weighted by atomic mass is 9.85. The van der Waals surface area contributed by atoms with Crippen molar-refractivity contribution in [2.75, 3.05) is 0 Å². The molecule has 10 rings (SSSR count). The van der Waals surface area contributed by atoms with Crippen LogP contribution in [0.2, 0.25) is 0 Å². The third-order valence-corrected chi connectivity index (χ3v) is 10.0. The van der Waals surface area contributed by atoms with Crippen LogP contribution in [0.4, 0.5) is 0 Å². The van der Waals surface area contributed by atoms with E-state index >= 15 is 0 Å². The third-order valence-electron chi connectivity index (χ3n) is 10.0. The zero-order chi connectivity index (χ0) is 32.3. The molecule has 9 aromatic carbocycles. The molecule has 0 bridgehead atoms. The van der Waals surface area contributed by atoms with Gasteiger partial charge in [0.25, 0.3) is 0 Å². The molecule has 0 aliphatic carbocycles. The minimum Gasteiger partial charge on any atom is -0.456 e. The number of benzene rings is 9. The number of hydrogen-bond acceptors (Lipinski definition) is 1. The molecule has 228 valence electrons. The van der Waals surface area contributed by atoms with Gasteiger partial charge >= 0.3 is 0 Å². The monoisotopic (exact) mass is 622 g/mol. The molecule has 0 spiro atoms. The Kier molecular flexibility index (Phi) is 6.25. The first-order valence-corrected chi connectivity index (χ1v) is 16.8. The van der Waals surface area contributed by atoms with Crippen molar-refractivity contribution in [2.45, 2.75) is 0 Å². The van der Waals surface area contributed by atoms with Crippen molar-refractivity contribution in [3.05, 3.63) is 182 Å². The molecule has 0 saturated heterocycles. The first-order valence-electron chi connectivity index (χ1n) is 16.8. The maximum Gasteiger partial charge on any atom is 0.135 e. The fraction of sp³-hybridized carbons (Fsp3) is 0. The minimum absolute atomic E-state index is 0.915. The number of hydrogen-bond donors (Lipinski definition) is 0. The summed E-state index contributed by atoms with van der Waals surface area (Å²) < 4.78 is 6.18. The maximum absolute atomic E-state index is 6.18.